The number of ether oxygens (including phenoxy) is 1. The van der Waals surface area contributed by atoms with Crippen molar-refractivity contribution in [1.29, 1.82) is 0 Å². The van der Waals surface area contributed by atoms with E-state index in [-0.39, 0.29) is 29.8 Å². The maximum Gasteiger partial charge on any atom is 0.321 e. The molecule has 2 aliphatic heterocycles. The number of fused-ring (bicyclic) bond motifs is 4. The fraction of sp³-hybridized carbons (Fsp3) is 0.618. The molecule has 2 N–H and O–H groups in total. The van der Waals surface area contributed by atoms with Gasteiger partial charge in [-0.3, -0.25) is 4.90 Å². The smallest absolute Gasteiger partial charge is 0.321 e. The molecule has 222 valence electrons. The second kappa shape index (κ2) is 12.4. The van der Waals surface area contributed by atoms with E-state index in [1.54, 1.807) is 18.2 Å². The fourth-order valence-electron chi connectivity index (χ4n) is 9.25. The molecule has 41 heavy (non-hydrogen) atoms. The number of urea groups is 1. The number of rotatable bonds is 7. The number of carbonyl (C=O) groups excluding carboxylic acids is 1. The van der Waals surface area contributed by atoms with E-state index >= 15 is 0 Å². The third-order valence-electron chi connectivity index (χ3n) is 11.1. The number of aryl methyl sites for hydroxylation is 1. The molecular weight excluding hydrogens is 517 g/mol. The van der Waals surface area contributed by atoms with Gasteiger partial charge in [-0.15, -0.1) is 0 Å². The van der Waals surface area contributed by atoms with E-state index < -0.39 is 5.82 Å². The molecule has 0 aromatic heterocycles. The lowest BCUT2D eigenvalue weighted by Gasteiger charge is -2.58. The van der Waals surface area contributed by atoms with Crippen molar-refractivity contribution in [3.63, 3.8) is 0 Å². The van der Waals surface area contributed by atoms with Crippen molar-refractivity contribution in [1.82, 2.24) is 9.80 Å². The summed E-state index contributed by atoms with van der Waals surface area (Å²) in [5, 5.41) is 13.6. The standard InChI is InChI=1S/C34H46FN3O3/c1-41-26-13-14-27-25(20-26)21-28-31(22-39)38(17-7-10-24-8-3-2-4-9-24)23-34(32(27)28)15-18-37(19-16-34)33(40)36-30-12-6-5-11-29(30)35/h2-6,8-9,11-12,25-28,31-32,39H,7,10,13-23H2,1H3,(H,36,40)/t25?,26?,27?,28?,31-,32?/m0/s1. The first-order valence-electron chi connectivity index (χ1n) is 15.7. The number of nitrogens with one attached hydrogen (secondary N) is 1. The quantitative estimate of drug-likeness (QED) is 0.446. The molecule has 5 unspecified atom stereocenters. The van der Waals surface area contributed by atoms with Crippen LogP contribution in [0.5, 0.6) is 0 Å². The minimum atomic E-state index is -0.408. The van der Waals surface area contributed by atoms with Crippen molar-refractivity contribution in [3.05, 3.63) is 66.0 Å². The number of aliphatic hydroxyl groups excluding tert-OH is 1. The largest absolute Gasteiger partial charge is 0.395 e. The Morgan fingerprint density at radius 3 is 2.54 bits per heavy atom. The molecule has 2 amide bonds. The van der Waals surface area contributed by atoms with Crippen molar-refractivity contribution in [3.8, 4) is 0 Å². The molecule has 2 aliphatic carbocycles. The molecule has 1 spiro atoms. The summed E-state index contributed by atoms with van der Waals surface area (Å²) in [6.45, 7) is 3.56. The van der Waals surface area contributed by atoms with Gasteiger partial charge in [0.25, 0.3) is 0 Å². The van der Waals surface area contributed by atoms with Crippen molar-refractivity contribution in [2.24, 2.45) is 29.1 Å². The van der Waals surface area contributed by atoms with Gasteiger partial charge in [-0.05, 0) is 105 Å². The van der Waals surface area contributed by atoms with Gasteiger partial charge in [0, 0.05) is 32.8 Å². The van der Waals surface area contributed by atoms with Crippen molar-refractivity contribution < 1.29 is 19.0 Å². The Hall–Kier alpha value is -2.48. The first kappa shape index (κ1) is 28.6. The Balaban J connectivity index is 1.20. The van der Waals surface area contributed by atoms with Crippen molar-refractivity contribution >= 4 is 11.7 Å². The number of benzene rings is 2. The molecule has 7 heteroatoms. The van der Waals surface area contributed by atoms with Crippen LogP contribution in [0, 0.1) is 34.9 Å². The third-order valence-corrected chi connectivity index (χ3v) is 11.1. The number of piperidine rings is 2. The predicted octanol–water partition coefficient (Wildman–Crippen LogP) is 5.82. The summed E-state index contributed by atoms with van der Waals surface area (Å²) < 4.78 is 20.0. The van der Waals surface area contributed by atoms with Gasteiger partial charge >= 0.3 is 6.03 Å². The third kappa shape index (κ3) is 5.78. The molecule has 0 radical (unpaired) electrons. The van der Waals surface area contributed by atoms with E-state index in [9.17, 15) is 14.3 Å². The number of halogens is 1. The van der Waals surface area contributed by atoms with Crippen LogP contribution in [0.4, 0.5) is 14.9 Å². The Bertz CT molecular complexity index is 1170. The number of amides is 2. The molecule has 2 saturated heterocycles. The maximum absolute atomic E-state index is 14.2. The topological polar surface area (TPSA) is 65.0 Å². The molecule has 4 fully saturated rings. The van der Waals surface area contributed by atoms with Crippen LogP contribution in [0.1, 0.15) is 50.5 Å². The highest BCUT2D eigenvalue weighted by molar-refractivity contribution is 5.89. The average Bonchev–Trinajstić information content (AvgIpc) is 3.39. The zero-order chi connectivity index (χ0) is 28.4. The molecule has 6 rings (SSSR count). The summed E-state index contributed by atoms with van der Waals surface area (Å²) in [6.07, 6.45) is 9.03. The summed E-state index contributed by atoms with van der Waals surface area (Å²) in [7, 11) is 1.85. The minimum Gasteiger partial charge on any atom is -0.395 e. The number of carbonyl (C=O) groups is 1. The highest BCUT2D eigenvalue weighted by atomic mass is 19.1. The van der Waals surface area contributed by atoms with Crippen LogP contribution in [0.2, 0.25) is 0 Å². The monoisotopic (exact) mass is 563 g/mol. The van der Waals surface area contributed by atoms with E-state index in [0.29, 0.717) is 42.9 Å². The SMILES string of the molecule is COC1CCC2C(C1)CC1C2C2(CCN(C(=O)Nc3ccccc3F)CC2)CN(CCCc2ccccc2)[C@H]1CO. The average molecular weight is 564 g/mol. The number of para-hydroxylation sites is 1. The van der Waals surface area contributed by atoms with Crippen molar-refractivity contribution in [2.75, 3.05) is 45.2 Å². The van der Waals surface area contributed by atoms with E-state index in [1.165, 1.54) is 24.5 Å². The van der Waals surface area contributed by atoms with E-state index in [0.717, 1.165) is 51.6 Å². The number of aliphatic hydroxyl groups is 1. The van der Waals surface area contributed by atoms with Crippen molar-refractivity contribution in [2.45, 2.75) is 63.5 Å². The summed E-state index contributed by atoms with van der Waals surface area (Å²) in [5.41, 5.74) is 1.74. The van der Waals surface area contributed by atoms with Crippen LogP contribution in [-0.2, 0) is 11.2 Å². The molecule has 6 atom stereocenters. The zero-order valence-corrected chi connectivity index (χ0v) is 24.4. The summed E-state index contributed by atoms with van der Waals surface area (Å²) in [5.74, 6) is 1.97. The lowest BCUT2D eigenvalue weighted by atomic mass is 9.57. The van der Waals surface area contributed by atoms with Crippen LogP contribution in [0.3, 0.4) is 0 Å². The number of anilines is 1. The number of hydrogen-bond donors (Lipinski definition) is 2. The Kier molecular flexibility index (Phi) is 8.66. The molecule has 2 aromatic rings. The molecular formula is C34H46FN3O3. The van der Waals surface area contributed by atoms with E-state index in [2.05, 4.69) is 40.5 Å². The molecule has 6 nitrogen and oxygen atoms in total. The van der Waals surface area contributed by atoms with Gasteiger partial charge in [0.2, 0.25) is 0 Å². The molecule has 2 saturated carbocycles. The second-order valence-corrected chi connectivity index (χ2v) is 13.1. The first-order valence-corrected chi connectivity index (χ1v) is 15.7. The molecule has 2 heterocycles. The normalized spacial score (nSPS) is 31.0. The van der Waals surface area contributed by atoms with Gasteiger partial charge < -0.3 is 20.1 Å². The van der Waals surface area contributed by atoms with E-state index in [4.69, 9.17) is 4.74 Å². The molecule has 4 aliphatic rings. The Morgan fingerprint density at radius 1 is 1.05 bits per heavy atom. The van der Waals surface area contributed by atoms with Gasteiger partial charge in [-0.2, -0.15) is 0 Å². The minimum absolute atomic E-state index is 0.136. The molecule has 0 bridgehead atoms. The van der Waals surface area contributed by atoms with Crippen LogP contribution in [0.15, 0.2) is 54.6 Å². The Labute approximate surface area is 244 Å². The fourth-order valence-corrected chi connectivity index (χ4v) is 9.25. The highest BCUT2D eigenvalue weighted by Gasteiger charge is 2.60. The van der Waals surface area contributed by atoms with Gasteiger partial charge in [0.15, 0.2) is 0 Å². The van der Waals surface area contributed by atoms with Crippen LogP contribution in [-0.4, -0.2) is 73.0 Å². The Morgan fingerprint density at radius 2 is 1.80 bits per heavy atom. The summed E-state index contributed by atoms with van der Waals surface area (Å²) >= 11 is 0. The lowest BCUT2D eigenvalue weighted by molar-refractivity contribution is -0.103. The number of nitrogens with zero attached hydrogens (tertiary/aromatic N) is 2. The van der Waals surface area contributed by atoms with Gasteiger partial charge in [-0.25, -0.2) is 9.18 Å². The molecule has 2 aromatic carbocycles. The summed E-state index contributed by atoms with van der Waals surface area (Å²) in [6, 6.07) is 17.0. The van der Waals surface area contributed by atoms with Crippen LogP contribution < -0.4 is 5.32 Å². The van der Waals surface area contributed by atoms with Gasteiger partial charge in [0.05, 0.1) is 18.4 Å². The van der Waals surface area contributed by atoms with Gasteiger partial charge in [0.1, 0.15) is 5.82 Å². The second-order valence-electron chi connectivity index (χ2n) is 13.1. The zero-order valence-electron chi connectivity index (χ0n) is 24.4. The number of hydrogen-bond acceptors (Lipinski definition) is 4. The summed E-state index contributed by atoms with van der Waals surface area (Å²) in [4.78, 5) is 17.6. The van der Waals surface area contributed by atoms with Crippen LogP contribution in [0.25, 0.3) is 0 Å². The van der Waals surface area contributed by atoms with Crippen LogP contribution >= 0.6 is 0 Å². The predicted molar refractivity (Wildman–Crippen MR) is 159 cm³/mol. The maximum atomic E-state index is 14.2. The van der Waals surface area contributed by atoms with Gasteiger partial charge in [-0.1, -0.05) is 42.5 Å². The highest BCUT2D eigenvalue weighted by Crippen LogP contribution is 2.62. The lowest BCUT2D eigenvalue weighted by Crippen LogP contribution is -2.62. The number of likely N-dealkylation sites (tertiary alicyclic amines) is 2. The first-order chi connectivity index (χ1) is 20.0. The van der Waals surface area contributed by atoms with E-state index in [1.807, 2.05) is 12.0 Å². The number of methoxy groups -OCH3 is 1.